The van der Waals surface area contributed by atoms with Gasteiger partial charge in [0.05, 0.1) is 16.7 Å². The molecule has 0 N–H and O–H groups in total. The molecule has 2 heterocycles. The Hall–Kier alpha value is -6.94. The van der Waals surface area contributed by atoms with Crippen molar-refractivity contribution < 1.29 is 0 Å². The predicted octanol–water partition coefficient (Wildman–Crippen LogP) is 15.1. The highest BCUT2D eigenvalue weighted by atomic mass is 32.1. The lowest BCUT2D eigenvalue weighted by Crippen LogP contribution is -2.10. The van der Waals surface area contributed by atoms with Crippen molar-refractivity contribution in [1.82, 2.24) is 4.57 Å². The lowest BCUT2D eigenvalue weighted by atomic mass is 10.00. The van der Waals surface area contributed by atoms with Crippen molar-refractivity contribution in [2.75, 3.05) is 4.90 Å². The molecule has 11 aromatic rings. The van der Waals surface area contributed by atoms with Gasteiger partial charge >= 0.3 is 0 Å². The number of anilines is 3. The van der Waals surface area contributed by atoms with Gasteiger partial charge in [-0.1, -0.05) is 146 Å². The average Bonchev–Trinajstić information content (AvgIpc) is 3.81. The van der Waals surface area contributed by atoms with Crippen molar-refractivity contribution in [2.45, 2.75) is 0 Å². The van der Waals surface area contributed by atoms with Crippen molar-refractivity contribution in [3.05, 3.63) is 206 Å². The number of nitrogens with zero attached hydrogens (tertiary/aromatic N) is 2. The van der Waals surface area contributed by atoms with Crippen molar-refractivity contribution in [3.63, 3.8) is 0 Å². The highest BCUT2D eigenvalue weighted by Crippen LogP contribution is 2.48. The van der Waals surface area contributed by atoms with Crippen LogP contribution >= 0.6 is 11.3 Å². The van der Waals surface area contributed by atoms with Crippen LogP contribution in [-0.2, 0) is 0 Å². The summed E-state index contributed by atoms with van der Waals surface area (Å²) in [5, 5.41) is 7.43. The van der Waals surface area contributed by atoms with E-state index in [1.807, 2.05) is 11.3 Å². The number of fused-ring (bicyclic) bond motifs is 8. The minimum absolute atomic E-state index is 1.12. The summed E-state index contributed by atoms with van der Waals surface area (Å²) in [7, 11) is 0. The second-order valence-corrected chi connectivity index (χ2v) is 15.2. The van der Waals surface area contributed by atoms with Gasteiger partial charge in [-0.05, 0) is 88.3 Å². The van der Waals surface area contributed by atoms with Gasteiger partial charge in [-0.25, -0.2) is 0 Å². The fourth-order valence-corrected chi connectivity index (χ4v) is 9.49. The number of benzene rings is 9. The summed E-state index contributed by atoms with van der Waals surface area (Å²) < 4.78 is 5.10. The van der Waals surface area contributed by atoms with E-state index < -0.39 is 0 Å². The van der Waals surface area contributed by atoms with Crippen molar-refractivity contribution >= 4 is 81.1 Å². The van der Waals surface area contributed by atoms with E-state index in [1.54, 1.807) is 0 Å². The maximum atomic E-state index is 2.50. The maximum absolute atomic E-state index is 2.50. The van der Waals surface area contributed by atoms with Crippen molar-refractivity contribution in [1.29, 1.82) is 0 Å². The molecular formula is C52H34N2S. The zero-order valence-corrected chi connectivity index (χ0v) is 30.7. The Bertz CT molecular complexity index is 3180. The first-order chi connectivity index (χ1) is 27.3. The fraction of sp³-hybridized carbons (Fsp3) is 0. The van der Waals surface area contributed by atoms with Crippen LogP contribution in [-0.4, -0.2) is 4.57 Å². The standard InChI is InChI=1S/C52H34N2S/c1-4-14-35(15-5-1)37-24-27-41(28-25-37)54-47-32-38(36-16-6-2-7-17-36)26-30-45(47)51-48(33-39-18-10-11-21-43(39)52(51)54)53(40-19-8-3-9-20-40)42-29-31-50-46(34-42)44-22-12-13-23-49(44)55-50/h1-34H. The van der Waals surface area contributed by atoms with Gasteiger partial charge in [0.1, 0.15) is 0 Å². The van der Waals surface area contributed by atoms with Crippen molar-refractivity contribution in [2.24, 2.45) is 0 Å². The second kappa shape index (κ2) is 12.9. The van der Waals surface area contributed by atoms with Crippen LogP contribution < -0.4 is 4.90 Å². The summed E-state index contributed by atoms with van der Waals surface area (Å²) in [6, 6.07) is 75.3. The molecule has 0 aliphatic heterocycles. The number of thiophene rings is 1. The zero-order chi connectivity index (χ0) is 36.3. The van der Waals surface area contributed by atoms with Crippen LogP contribution in [0, 0.1) is 0 Å². The molecule has 0 unspecified atom stereocenters. The molecule has 55 heavy (non-hydrogen) atoms. The molecule has 2 aromatic heterocycles. The number of rotatable bonds is 6. The highest BCUT2D eigenvalue weighted by molar-refractivity contribution is 7.25. The molecule has 11 rings (SSSR count). The summed E-state index contributed by atoms with van der Waals surface area (Å²) in [4.78, 5) is 2.47. The quantitative estimate of drug-likeness (QED) is 0.166. The first-order valence-corrected chi connectivity index (χ1v) is 19.6. The van der Waals surface area contributed by atoms with E-state index in [1.165, 1.54) is 75.0 Å². The average molecular weight is 719 g/mol. The molecular weight excluding hydrogens is 685 g/mol. The predicted molar refractivity (Wildman–Crippen MR) is 237 cm³/mol. The first kappa shape index (κ1) is 31.6. The number of aromatic nitrogens is 1. The Labute approximate surface area is 323 Å². The summed E-state index contributed by atoms with van der Waals surface area (Å²) in [5.41, 5.74) is 11.7. The summed E-state index contributed by atoms with van der Waals surface area (Å²) >= 11 is 1.86. The molecule has 0 amide bonds. The Kier molecular flexibility index (Phi) is 7.39. The topological polar surface area (TPSA) is 8.17 Å². The molecule has 0 spiro atoms. The lowest BCUT2D eigenvalue weighted by Gasteiger charge is -2.27. The van der Waals surface area contributed by atoms with Gasteiger partial charge in [-0.3, -0.25) is 0 Å². The van der Waals surface area contributed by atoms with E-state index in [-0.39, 0.29) is 0 Å². The minimum atomic E-state index is 1.12. The van der Waals surface area contributed by atoms with Gasteiger partial charge in [-0.15, -0.1) is 11.3 Å². The van der Waals surface area contributed by atoms with Gasteiger partial charge in [0, 0.05) is 53.4 Å². The molecule has 0 aliphatic carbocycles. The molecule has 0 atom stereocenters. The lowest BCUT2D eigenvalue weighted by molar-refractivity contribution is 1.19. The summed E-state index contributed by atoms with van der Waals surface area (Å²) in [5.74, 6) is 0. The monoisotopic (exact) mass is 718 g/mol. The molecule has 0 saturated heterocycles. The van der Waals surface area contributed by atoms with Crippen molar-refractivity contribution in [3.8, 4) is 27.9 Å². The third-order valence-electron chi connectivity index (χ3n) is 10.9. The van der Waals surface area contributed by atoms with Crippen LogP contribution in [0.4, 0.5) is 17.1 Å². The SMILES string of the molecule is c1ccc(-c2ccc(-n3c4cc(-c5ccccc5)ccc4c4c(N(c5ccccc5)c5ccc6sc7ccccc7c6c5)cc5ccccc5c43)cc2)cc1. The Morgan fingerprint density at radius 2 is 0.982 bits per heavy atom. The minimum Gasteiger partial charge on any atom is -0.310 e. The second-order valence-electron chi connectivity index (χ2n) is 14.1. The number of hydrogen-bond donors (Lipinski definition) is 0. The zero-order valence-electron chi connectivity index (χ0n) is 29.9. The molecule has 0 radical (unpaired) electrons. The molecule has 0 aliphatic rings. The largest absolute Gasteiger partial charge is 0.310 e. The maximum Gasteiger partial charge on any atom is 0.0640 e. The number of hydrogen-bond acceptors (Lipinski definition) is 2. The molecule has 0 bridgehead atoms. The smallest absolute Gasteiger partial charge is 0.0640 e. The normalized spacial score (nSPS) is 11.6. The van der Waals surface area contributed by atoms with Crippen LogP contribution in [0.5, 0.6) is 0 Å². The molecule has 0 saturated carbocycles. The van der Waals surface area contributed by atoms with Crippen LogP contribution in [0.1, 0.15) is 0 Å². The Morgan fingerprint density at radius 3 is 1.75 bits per heavy atom. The van der Waals surface area contributed by atoms with E-state index in [9.17, 15) is 0 Å². The molecule has 9 aromatic carbocycles. The Morgan fingerprint density at radius 1 is 0.382 bits per heavy atom. The van der Waals surface area contributed by atoms with Gasteiger partial charge < -0.3 is 9.47 Å². The third-order valence-corrected chi connectivity index (χ3v) is 12.1. The van der Waals surface area contributed by atoms with Crippen LogP contribution in [0.15, 0.2) is 206 Å². The molecule has 2 nitrogen and oxygen atoms in total. The van der Waals surface area contributed by atoms with Gasteiger partial charge in [0.25, 0.3) is 0 Å². The van der Waals surface area contributed by atoms with E-state index in [0.717, 1.165) is 22.7 Å². The van der Waals surface area contributed by atoms with Gasteiger partial charge in [0.15, 0.2) is 0 Å². The fourth-order valence-electron chi connectivity index (χ4n) is 8.41. The van der Waals surface area contributed by atoms with E-state index in [0.29, 0.717) is 0 Å². The molecule has 0 fully saturated rings. The van der Waals surface area contributed by atoms with Crippen LogP contribution in [0.3, 0.4) is 0 Å². The first-order valence-electron chi connectivity index (χ1n) is 18.8. The van der Waals surface area contributed by atoms with Crippen LogP contribution in [0.25, 0.3) is 80.7 Å². The van der Waals surface area contributed by atoms with E-state index in [2.05, 4.69) is 216 Å². The summed E-state index contributed by atoms with van der Waals surface area (Å²) in [6.45, 7) is 0. The molecule has 3 heteroatoms. The van der Waals surface area contributed by atoms with E-state index >= 15 is 0 Å². The van der Waals surface area contributed by atoms with Gasteiger partial charge in [0.2, 0.25) is 0 Å². The summed E-state index contributed by atoms with van der Waals surface area (Å²) in [6.07, 6.45) is 0. The number of para-hydroxylation sites is 1. The van der Waals surface area contributed by atoms with Crippen LogP contribution in [0.2, 0.25) is 0 Å². The van der Waals surface area contributed by atoms with Gasteiger partial charge in [-0.2, -0.15) is 0 Å². The Balaban J connectivity index is 1.25. The molecule has 258 valence electrons. The van der Waals surface area contributed by atoms with E-state index in [4.69, 9.17) is 0 Å². The highest BCUT2D eigenvalue weighted by Gasteiger charge is 2.24. The third kappa shape index (κ3) is 5.24.